The van der Waals surface area contributed by atoms with Gasteiger partial charge in [0, 0.05) is 38.2 Å². The Morgan fingerprint density at radius 1 is 1.33 bits per heavy atom. The summed E-state index contributed by atoms with van der Waals surface area (Å²) in [5.74, 6) is 4.68. The summed E-state index contributed by atoms with van der Waals surface area (Å²) in [5, 5.41) is 8.64. The average molecular weight is 290 g/mol. The fourth-order valence-electron chi connectivity index (χ4n) is 2.16. The van der Waals surface area contributed by atoms with Gasteiger partial charge < -0.3 is 14.9 Å². The molecule has 0 aromatic heterocycles. The topological polar surface area (TPSA) is 43.8 Å². The molecule has 1 aliphatic heterocycles. The molecular formula is C16H19FN2O2. The molecule has 0 atom stereocenters. The molecule has 1 aliphatic rings. The number of rotatable bonds is 2. The van der Waals surface area contributed by atoms with Crippen molar-refractivity contribution in [2.45, 2.75) is 6.42 Å². The van der Waals surface area contributed by atoms with Crippen LogP contribution in [0.5, 0.6) is 0 Å². The molecule has 0 spiro atoms. The highest BCUT2D eigenvalue weighted by molar-refractivity contribution is 5.94. The lowest BCUT2D eigenvalue weighted by atomic mass is 10.1. The van der Waals surface area contributed by atoms with Crippen molar-refractivity contribution in [3.8, 4) is 11.8 Å². The Labute approximate surface area is 124 Å². The number of likely N-dealkylation sites (N-methyl/N-ethyl adjacent to an activating group) is 1. The molecule has 112 valence electrons. The number of hydrogen-bond acceptors (Lipinski definition) is 3. The Hall–Kier alpha value is -1.90. The van der Waals surface area contributed by atoms with Crippen LogP contribution in [0, 0.1) is 17.7 Å². The summed E-state index contributed by atoms with van der Waals surface area (Å²) >= 11 is 0. The SMILES string of the molecule is CN1CCN(C(=O)c2ccc(C#CCCO)c(F)c2)CC1. The smallest absolute Gasteiger partial charge is 0.254 e. The molecule has 1 N–H and O–H groups in total. The standard InChI is InChI=1S/C16H19FN2O2/c1-18-7-9-19(10-8-18)16(21)14-6-5-13(15(17)12-14)4-2-3-11-20/h5-6,12,20H,3,7-11H2,1H3. The van der Waals surface area contributed by atoms with E-state index in [0.717, 1.165) is 13.1 Å². The van der Waals surface area contributed by atoms with E-state index in [2.05, 4.69) is 16.7 Å². The molecule has 0 bridgehead atoms. The van der Waals surface area contributed by atoms with Crippen LogP contribution in [-0.2, 0) is 0 Å². The summed E-state index contributed by atoms with van der Waals surface area (Å²) in [6.07, 6.45) is 0.307. The minimum absolute atomic E-state index is 0.0470. The van der Waals surface area contributed by atoms with Gasteiger partial charge in [-0.25, -0.2) is 4.39 Å². The third-order valence-electron chi connectivity index (χ3n) is 3.47. The lowest BCUT2D eigenvalue weighted by molar-refractivity contribution is 0.0663. The van der Waals surface area contributed by atoms with Gasteiger partial charge in [0.25, 0.3) is 5.91 Å². The quantitative estimate of drug-likeness (QED) is 0.825. The van der Waals surface area contributed by atoms with Crippen molar-refractivity contribution in [2.75, 3.05) is 39.8 Å². The van der Waals surface area contributed by atoms with Crippen LogP contribution >= 0.6 is 0 Å². The maximum absolute atomic E-state index is 13.9. The van der Waals surface area contributed by atoms with Gasteiger partial charge in [0.1, 0.15) is 5.82 Å². The monoisotopic (exact) mass is 290 g/mol. The highest BCUT2D eigenvalue weighted by Gasteiger charge is 2.20. The van der Waals surface area contributed by atoms with Crippen LogP contribution in [-0.4, -0.2) is 60.6 Å². The molecule has 0 saturated carbocycles. The zero-order valence-corrected chi connectivity index (χ0v) is 12.1. The van der Waals surface area contributed by atoms with Crippen molar-refractivity contribution in [1.82, 2.24) is 9.80 Å². The first-order valence-corrected chi connectivity index (χ1v) is 6.99. The summed E-state index contributed by atoms with van der Waals surface area (Å²) < 4.78 is 13.9. The molecule has 1 heterocycles. The second-order valence-corrected chi connectivity index (χ2v) is 5.07. The summed E-state index contributed by atoms with van der Waals surface area (Å²) in [6, 6.07) is 4.36. The molecule has 1 amide bonds. The molecular weight excluding hydrogens is 271 g/mol. The molecule has 0 radical (unpaired) electrons. The van der Waals surface area contributed by atoms with Crippen molar-refractivity contribution in [2.24, 2.45) is 0 Å². The van der Waals surface area contributed by atoms with Gasteiger partial charge in [0.05, 0.1) is 12.2 Å². The Bertz CT molecular complexity index is 569. The van der Waals surface area contributed by atoms with E-state index in [9.17, 15) is 9.18 Å². The molecule has 5 heteroatoms. The van der Waals surface area contributed by atoms with Crippen LogP contribution in [0.25, 0.3) is 0 Å². The highest BCUT2D eigenvalue weighted by atomic mass is 19.1. The van der Waals surface area contributed by atoms with E-state index in [4.69, 9.17) is 5.11 Å². The van der Waals surface area contributed by atoms with E-state index in [-0.39, 0.29) is 18.1 Å². The molecule has 0 unspecified atom stereocenters. The first-order chi connectivity index (χ1) is 10.1. The van der Waals surface area contributed by atoms with Crippen LogP contribution in [0.2, 0.25) is 0 Å². The number of aliphatic hydroxyl groups excluding tert-OH is 1. The highest BCUT2D eigenvalue weighted by Crippen LogP contribution is 2.13. The van der Waals surface area contributed by atoms with Gasteiger partial charge >= 0.3 is 0 Å². The van der Waals surface area contributed by atoms with Crippen LogP contribution in [0.3, 0.4) is 0 Å². The van der Waals surface area contributed by atoms with Crippen molar-refractivity contribution in [3.63, 3.8) is 0 Å². The van der Waals surface area contributed by atoms with Crippen LogP contribution in [0.1, 0.15) is 22.3 Å². The zero-order chi connectivity index (χ0) is 15.2. The second kappa shape index (κ2) is 7.21. The van der Waals surface area contributed by atoms with Gasteiger partial charge in [-0.15, -0.1) is 0 Å². The fourth-order valence-corrected chi connectivity index (χ4v) is 2.16. The summed E-state index contributed by atoms with van der Waals surface area (Å²) in [4.78, 5) is 16.2. The molecule has 1 aromatic rings. The normalized spacial score (nSPS) is 15.5. The number of halogens is 1. The van der Waals surface area contributed by atoms with Crippen LogP contribution in [0.15, 0.2) is 18.2 Å². The summed E-state index contributed by atoms with van der Waals surface area (Å²) in [5.41, 5.74) is 0.600. The second-order valence-electron chi connectivity index (χ2n) is 5.07. The van der Waals surface area contributed by atoms with Crippen molar-refractivity contribution < 1.29 is 14.3 Å². The van der Waals surface area contributed by atoms with E-state index in [1.54, 1.807) is 11.0 Å². The predicted octanol–water partition coefficient (Wildman–Crippen LogP) is 0.947. The lowest BCUT2D eigenvalue weighted by Gasteiger charge is -2.32. The molecule has 1 fully saturated rings. The number of amides is 1. The van der Waals surface area contributed by atoms with Gasteiger partial charge in [0.15, 0.2) is 0 Å². The van der Waals surface area contributed by atoms with E-state index in [1.807, 2.05) is 7.05 Å². The molecule has 0 aliphatic carbocycles. The number of carbonyl (C=O) groups excluding carboxylic acids is 1. The maximum atomic E-state index is 13.9. The van der Waals surface area contributed by atoms with E-state index >= 15 is 0 Å². The fraction of sp³-hybridized carbons (Fsp3) is 0.438. The first-order valence-electron chi connectivity index (χ1n) is 6.99. The zero-order valence-electron chi connectivity index (χ0n) is 12.1. The van der Waals surface area contributed by atoms with Crippen molar-refractivity contribution in [3.05, 3.63) is 35.1 Å². The number of aliphatic hydroxyl groups is 1. The third-order valence-corrected chi connectivity index (χ3v) is 3.47. The summed E-state index contributed by atoms with van der Waals surface area (Å²) in [7, 11) is 2.02. The third kappa shape index (κ3) is 4.03. The van der Waals surface area contributed by atoms with Crippen LogP contribution in [0.4, 0.5) is 4.39 Å². The minimum Gasteiger partial charge on any atom is -0.395 e. The molecule has 2 rings (SSSR count). The Morgan fingerprint density at radius 3 is 2.67 bits per heavy atom. The molecule has 1 saturated heterocycles. The number of nitrogens with zero attached hydrogens (tertiary/aromatic N) is 2. The number of hydrogen-bond donors (Lipinski definition) is 1. The van der Waals surface area contributed by atoms with Crippen LogP contribution < -0.4 is 0 Å². The van der Waals surface area contributed by atoms with Gasteiger partial charge in [-0.05, 0) is 25.2 Å². The Morgan fingerprint density at radius 2 is 2.05 bits per heavy atom. The van der Waals surface area contributed by atoms with Crippen molar-refractivity contribution in [1.29, 1.82) is 0 Å². The maximum Gasteiger partial charge on any atom is 0.254 e. The lowest BCUT2D eigenvalue weighted by Crippen LogP contribution is -2.47. The minimum atomic E-state index is -0.500. The van der Waals surface area contributed by atoms with E-state index in [0.29, 0.717) is 25.1 Å². The Balaban J connectivity index is 2.09. The first kappa shape index (κ1) is 15.5. The number of carbonyl (C=O) groups is 1. The van der Waals surface area contributed by atoms with Gasteiger partial charge in [-0.1, -0.05) is 11.8 Å². The summed E-state index contributed by atoms with van der Waals surface area (Å²) in [6.45, 7) is 2.94. The van der Waals surface area contributed by atoms with Gasteiger partial charge in [0.2, 0.25) is 0 Å². The molecule has 1 aromatic carbocycles. The van der Waals surface area contributed by atoms with Gasteiger partial charge in [-0.3, -0.25) is 4.79 Å². The molecule has 21 heavy (non-hydrogen) atoms. The van der Waals surface area contributed by atoms with E-state index < -0.39 is 5.82 Å². The van der Waals surface area contributed by atoms with Gasteiger partial charge in [-0.2, -0.15) is 0 Å². The number of benzene rings is 1. The Kier molecular flexibility index (Phi) is 5.32. The number of piperazine rings is 1. The molecule has 4 nitrogen and oxygen atoms in total. The van der Waals surface area contributed by atoms with Crippen molar-refractivity contribution >= 4 is 5.91 Å². The largest absolute Gasteiger partial charge is 0.395 e. The average Bonchev–Trinajstić information content (AvgIpc) is 2.49. The predicted molar refractivity (Wildman–Crippen MR) is 78.4 cm³/mol. The van der Waals surface area contributed by atoms with E-state index in [1.165, 1.54) is 12.1 Å².